The molecule has 0 saturated carbocycles. The number of primary amides is 1. The van der Waals surface area contributed by atoms with Crippen molar-refractivity contribution in [3.63, 3.8) is 0 Å². The van der Waals surface area contributed by atoms with E-state index in [0.717, 1.165) is 0 Å². The Hall–Kier alpha value is -2.65. The van der Waals surface area contributed by atoms with Gasteiger partial charge in [-0.15, -0.1) is 0 Å². The monoisotopic (exact) mass is 342 g/mol. The van der Waals surface area contributed by atoms with Gasteiger partial charge < -0.3 is 11.1 Å². The Morgan fingerprint density at radius 2 is 2.00 bits per heavy atom. The highest BCUT2D eigenvalue weighted by molar-refractivity contribution is 5.77. The van der Waals surface area contributed by atoms with Gasteiger partial charge in [0.05, 0.1) is 23.1 Å². The standard InChI is InChI=1S/C14H17F3N6O/c1-7(8(2)12(18)24)11-10(14(15,16)17)5-19-13(22-11)21-9-4-20-23(3)6-9/h4-8H,1-3H3,(H2,18,24)(H,19,21,22). The number of aryl methyl sites for hydroxylation is 1. The van der Waals surface area contributed by atoms with Crippen molar-refractivity contribution in [1.82, 2.24) is 19.7 Å². The van der Waals surface area contributed by atoms with Gasteiger partial charge in [0.15, 0.2) is 0 Å². The maximum Gasteiger partial charge on any atom is 0.419 e. The first kappa shape index (κ1) is 17.7. The Morgan fingerprint density at radius 1 is 1.33 bits per heavy atom. The summed E-state index contributed by atoms with van der Waals surface area (Å²) in [5, 5.41) is 6.71. The fourth-order valence-electron chi connectivity index (χ4n) is 2.12. The van der Waals surface area contributed by atoms with Crippen LogP contribution in [-0.4, -0.2) is 25.7 Å². The summed E-state index contributed by atoms with van der Waals surface area (Å²) in [4.78, 5) is 19.0. The van der Waals surface area contributed by atoms with Gasteiger partial charge in [0.25, 0.3) is 0 Å². The SMILES string of the molecule is CC(C(N)=O)C(C)c1nc(Nc2cnn(C)c2)ncc1C(F)(F)F. The summed E-state index contributed by atoms with van der Waals surface area (Å²) in [7, 11) is 1.70. The Bertz CT molecular complexity index is 742. The number of alkyl halides is 3. The van der Waals surface area contributed by atoms with E-state index in [0.29, 0.717) is 11.9 Å². The summed E-state index contributed by atoms with van der Waals surface area (Å²) in [5.74, 6) is -2.35. The molecule has 0 aliphatic carbocycles. The number of nitrogens with two attached hydrogens (primary N) is 1. The molecule has 2 aromatic heterocycles. The molecule has 2 unspecified atom stereocenters. The average Bonchev–Trinajstić information content (AvgIpc) is 2.89. The van der Waals surface area contributed by atoms with Crippen LogP contribution in [-0.2, 0) is 18.0 Å². The number of aromatic nitrogens is 4. The molecule has 2 heterocycles. The lowest BCUT2D eigenvalue weighted by Gasteiger charge is -2.21. The van der Waals surface area contributed by atoms with Crippen molar-refractivity contribution >= 4 is 17.5 Å². The van der Waals surface area contributed by atoms with Gasteiger partial charge in [-0.25, -0.2) is 9.97 Å². The van der Waals surface area contributed by atoms with Gasteiger partial charge in [-0.3, -0.25) is 9.48 Å². The molecule has 7 nitrogen and oxygen atoms in total. The number of halogens is 3. The Balaban J connectivity index is 2.43. The normalized spacial score (nSPS) is 14.2. The van der Waals surface area contributed by atoms with Crippen molar-refractivity contribution in [2.75, 3.05) is 5.32 Å². The fraction of sp³-hybridized carbons (Fsp3) is 0.429. The number of hydrogen-bond donors (Lipinski definition) is 2. The maximum absolute atomic E-state index is 13.2. The molecule has 3 N–H and O–H groups in total. The molecule has 0 spiro atoms. The van der Waals surface area contributed by atoms with Gasteiger partial charge in [0.1, 0.15) is 0 Å². The molecule has 0 aromatic carbocycles. The lowest BCUT2D eigenvalue weighted by molar-refractivity contribution is -0.139. The van der Waals surface area contributed by atoms with Crippen LogP contribution in [0.2, 0.25) is 0 Å². The van der Waals surface area contributed by atoms with E-state index in [1.807, 2.05) is 0 Å². The zero-order valence-electron chi connectivity index (χ0n) is 13.3. The molecular formula is C14H17F3N6O. The van der Waals surface area contributed by atoms with Crippen molar-refractivity contribution in [1.29, 1.82) is 0 Å². The summed E-state index contributed by atoms with van der Waals surface area (Å²) >= 11 is 0. The van der Waals surface area contributed by atoms with Crippen LogP contribution in [0.3, 0.4) is 0 Å². The maximum atomic E-state index is 13.2. The van der Waals surface area contributed by atoms with Crippen LogP contribution in [0.5, 0.6) is 0 Å². The highest BCUT2D eigenvalue weighted by Gasteiger charge is 2.38. The minimum absolute atomic E-state index is 0.0190. The number of hydrogen-bond acceptors (Lipinski definition) is 5. The third-order valence-electron chi connectivity index (χ3n) is 3.71. The van der Waals surface area contributed by atoms with E-state index in [-0.39, 0.29) is 11.6 Å². The van der Waals surface area contributed by atoms with Crippen molar-refractivity contribution in [2.24, 2.45) is 18.7 Å². The number of rotatable bonds is 5. The highest BCUT2D eigenvalue weighted by Crippen LogP contribution is 2.36. The van der Waals surface area contributed by atoms with Gasteiger partial charge in [0.2, 0.25) is 11.9 Å². The molecule has 2 rings (SSSR count). The van der Waals surface area contributed by atoms with Crippen molar-refractivity contribution < 1.29 is 18.0 Å². The van der Waals surface area contributed by atoms with E-state index in [2.05, 4.69) is 20.4 Å². The average molecular weight is 342 g/mol. The molecule has 24 heavy (non-hydrogen) atoms. The van der Waals surface area contributed by atoms with Crippen LogP contribution >= 0.6 is 0 Å². The second-order valence-electron chi connectivity index (χ2n) is 5.50. The molecular weight excluding hydrogens is 325 g/mol. The largest absolute Gasteiger partial charge is 0.419 e. The molecule has 130 valence electrons. The predicted molar refractivity (Wildman–Crippen MR) is 80.3 cm³/mol. The van der Waals surface area contributed by atoms with E-state index >= 15 is 0 Å². The number of nitrogens with one attached hydrogen (secondary N) is 1. The quantitative estimate of drug-likeness (QED) is 0.868. The molecule has 0 radical (unpaired) electrons. The lowest BCUT2D eigenvalue weighted by atomic mass is 9.89. The van der Waals surface area contributed by atoms with Crippen LogP contribution in [0.1, 0.15) is 31.0 Å². The fourth-order valence-corrected chi connectivity index (χ4v) is 2.12. The molecule has 0 fully saturated rings. The molecule has 0 aliphatic heterocycles. The third-order valence-corrected chi connectivity index (χ3v) is 3.71. The smallest absolute Gasteiger partial charge is 0.369 e. The lowest BCUT2D eigenvalue weighted by Crippen LogP contribution is -2.27. The topological polar surface area (TPSA) is 98.7 Å². The first-order chi connectivity index (χ1) is 11.1. The van der Waals surface area contributed by atoms with Crippen LogP contribution in [0.4, 0.5) is 24.8 Å². The van der Waals surface area contributed by atoms with Crippen LogP contribution in [0, 0.1) is 5.92 Å². The first-order valence-corrected chi connectivity index (χ1v) is 7.08. The number of carbonyl (C=O) groups is 1. The van der Waals surface area contributed by atoms with Gasteiger partial charge >= 0.3 is 6.18 Å². The Labute approximate surface area is 136 Å². The second kappa shape index (κ2) is 6.46. The number of anilines is 2. The molecule has 0 aliphatic rings. The molecule has 0 saturated heterocycles. The minimum atomic E-state index is -4.63. The summed E-state index contributed by atoms with van der Waals surface area (Å²) in [6.07, 6.45) is -0.828. The Morgan fingerprint density at radius 3 is 2.50 bits per heavy atom. The number of amides is 1. The third kappa shape index (κ3) is 3.81. The van der Waals surface area contributed by atoms with E-state index in [1.54, 1.807) is 13.2 Å². The first-order valence-electron chi connectivity index (χ1n) is 7.08. The molecule has 2 atom stereocenters. The van der Waals surface area contributed by atoms with Gasteiger partial charge in [-0.05, 0) is 0 Å². The van der Waals surface area contributed by atoms with Gasteiger partial charge in [0, 0.05) is 31.3 Å². The van der Waals surface area contributed by atoms with Gasteiger partial charge in [-0.1, -0.05) is 13.8 Å². The van der Waals surface area contributed by atoms with E-state index in [9.17, 15) is 18.0 Å². The second-order valence-corrected chi connectivity index (χ2v) is 5.50. The van der Waals surface area contributed by atoms with Crippen molar-refractivity contribution in [2.45, 2.75) is 25.9 Å². The number of nitrogens with zero attached hydrogens (tertiary/aromatic N) is 4. The van der Waals surface area contributed by atoms with E-state index < -0.39 is 29.5 Å². The number of carbonyl (C=O) groups excluding carboxylic acids is 1. The highest BCUT2D eigenvalue weighted by atomic mass is 19.4. The van der Waals surface area contributed by atoms with Crippen molar-refractivity contribution in [3.05, 3.63) is 29.8 Å². The van der Waals surface area contributed by atoms with Gasteiger partial charge in [-0.2, -0.15) is 18.3 Å². The van der Waals surface area contributed by atoms with Crippen molar-refractivity contribution in [3.8, 4) is 0 Å². The zero-order valence-corrected chi connectivity index (χ0v) is 13.3. The van der Waals surface area contributed by atoms with Crippen LogP contribution in [0.15, 0.2) is 18.6 Å². The molecule has 1 amide bonds. The summed E-state index contributed by atoms with van der Waals surface area (Å²) in [6.45, 7) is 2.93. The van der Waals surface area contributed by atoms with E-state index in [1.165, 1.54) is 24.7 Å². The Kier molecular flexibility index (Phi) is 4.76. The van der Waals surface area contributed by atoms with E-state index in [4.69, 9.17) is 5.73 Å². The zero-order chi connectivity index (χ0) is 18.1. The molecule has 2 aromatic rings. The summed E-state index contributed by atoms with van der Waals surface area (Å²) < 4.78 is 41.1. The molecule has 10 heteroatoms. The molecule has 0 bridgehead atoms. The predicted octanol–water partition coefficient (Wildman–Crippen LogP) is 2.20. The van der Waals surface area contributed by atoms with Crippen LogP contribution < -0.4 is 11.1 Å². The summed E-state index contributed by atoms with van der Waals surface area (Å²) in [5.41, 5.74) is 4.47. The summed E-state index contributed by atoms with van der Waals surface area (Å²) in [6, 6.07) is 0. The van der Waals surface area contributed by atoms with Crippen LogP contribution in [0.25, 0.3) is 0 Å². The minimum Gasteiger partial charge on any atom is -0.369 e.